The predicted octanol–water partition coefficient (Wildman–Crippen LogP) is 22.8. The van der Waals surface area contributed by atoms with Gasteiger partial charge in [0, 0.05) is 104 Å². The van der Waals surface area contributed by atoms with Crippen LogP contribution in [0.25, 0.3) is 44.1 Å². The molecule has 12 rings (SSSR count). The summed E-state index contributed by atoms with van der Waals surface area (Å²) >= 11 is 20.6. The van der Waals surface area contributed by atoms with E-state index in [4.69, 9.17) is 39.7 Å². The molecule has 8 aromatic heterocycles. The number of aromatic amines is 1. The number of nitrogens with zero attached hydrogens (tertiary/aromatic N) is 11. The standard InChI is InChI=1S/C26H42BrN3O2Si.C22H30BrN3O4.C18H24BrN3O2.C17H22BrN3O2.C9H21ClSi.CH4.Na.H2O/c1-16(2)33(17(3)4,18(5)6)30-22-13-11-19(29(10)25(31)32-26(7,8)9)15-21(22)20-12-14-23(27)28-24(20)30;1-21(2,3)29-19(27)25(7)13-8-10-16-15(12-13)14-9-11-17(23)24-18(14)26(16)20(28)30-22(4,5)6;1-18(2,3)24-17(23)21(4)11-6-8-14-13(10-11)12-7-9-15(19)20-16(12)22(14)5;1-17(2,3)23-16(22)21(4)10-5-7-13-12(9-10)11-6-8-14(18)20-15(11)19-13;1-7(2)11(10,8(3)4)9(5)6;;;/h12,14,16-19H,11,13,15H2,1-10H3;9,11,13H,8,10,12H2,1-7H3;7,9,11H,6,8,10H2,1-5H3;6,8,10H,5,7,9H2,1-4H3,(H,19,20);7-9H,1-6H3;1H4;;1H2/q;;;;;;+1;/p-1. The average Bonchev–Trinajstić information content (AvgIpc) is 1.55. The first-order valence-electron chi connectivity index (χ1n) is 43.1. The molecule has 8 heterocycles. The Hall–Kier alpha value is -5.09. The van der Waals surface area contributed by atoms with E-state index in [2.05, 4.69) is 207 Å². The maximum atomic E-state index is 13.0. The van der Waals surface area contributed by atoms with Crippen LogP contribution in [-0.4, -0.2) is 190 Å². The minimum Gasteiger partial charge on any atom is -0.870 e. The number of H-pyrrole nitrogens is 1. The fraction of sp³-hybridized carbons (Fsp3) is 0.645. The zero-order valence-electron chi connectivity index (χ0n) is 79.7. The van der Waals surface area contributed by atoms with Crippen LogP contribution in [-0.2, 0) is 82.1 Å². The molecule has 0 radical (unpaired) electrons. The number of carbonyl (C=O) groups excluding carboxylic acids is 5. The molecule has 2 N–H and O–H groups in total. The van der Waals surface area contributed by atoms with E-state index in [1.54, 1.807) is 26.3 Å². The normalized spacial score (nSPS) is 16.6. The van der Waals surface area contributed by atoms with Gasteiger partial charge in [-0.1, -0.05) is 90.5 Å². The Morgan fingerprint density at radius 3 is 1.06 bits per heavy atom. The first-order chi connectivity index (χ1) is 55.7. The Labute approximate surface area is 802 Å². The average molecular weight is 2040 g/mol. The molecule has 0 saturated heterocycles. The van der Waals surface area contributed by atoms with Crippen molar-refractivity contribution < 1.29 is 82.7 Å². The number of carbonyl (C=O) groups is 5. The SMILES string of the molecule is C.CC(C)[Si](C(C)C)(C(C)C)n1c2c(c3ccc(Br)nc31)CC(N(C)C(=O)OC(C)(C)C)CC2.CC(C)[Si](Cl)(C(C)C)C(C)C.CN(C(=O)OC(C)(C)C)C1CCc2[nH]c3nc(Br)ccc3c2C1.CN(C(=O)OC(C)(C)C)C1CCc2c(c3ccc(Br)nc3n2C(=O)OC(C)(C)C)C1.CN(C(=O)OC(C)(C)C)C1CCc2c(c3ccc(Br)nc3n2C)C1.[Na+].[OH-]. The van der Waals surface area contributed by atoms with Crippen molar-refractivity contribution in [2.45, 2.75) is 357 Å². The fourth-order valence-electron chi connectivity index (χ4n) is 18.6. The molecule has 0 fully saturated rings. The van der Waals surface area contributed by atoms with Crippen LogP contribution in [0.1, 0.15) is 265 Å². The first-order valence-corrected chi connectivity index (χ1v) is 51.7. The zero-order chi connectivity index (χ0) is 91.0. The number of aromatic nitrogens is 8. The second kappa shape index (κ2) is 43.3. The number of hydrogen-bond acceptors (Lipinski definition) is 15. The van der Waals surface area contributed by atoms with Crippen molar-refractivity contribution in [3.05, 3.63) is 112 Å². The van der Waals surface area contributed by atoms with Crippen molar-refractivity contribution in [3.63, 3.8) is 0 Å². The topological polar surface area (TPSA) is 257 Å². The van der Waals surface area contributed by atoms with Crippen LogP contribution in [0.2, 0.25) is 33.2 Å². The summed E-state index contributed by atoms with van der Waals surface area (Å²) in [4.78, 5) is 92.1. The quantitative estimate of drug-likeness (QED) is 0.0546. The van der Waals surface area contributed by atoms with E-state index in [1.165, 1.54) is 44.5 Å². The number of amides is 4. The van der Waals surface area contributed by atoms with Gasteiger partial charge in [0.2, 0.25) is 0 Å². The molecular weight excluding hydrogens is 1900 g/mol. The maximum absolute atomic E-state index is 13.0. The fourth-order valence-corrected chi connectivity index (χ4v) is 30.6. The largest absolute Gasteiger partial charge is 1.00 e. The molecule has 0 bridgehead atoms. The Morgan fingerprint density at radius 1 is 0.419 bits per heavy atom. The van der Waals surface area contributed by atoms with Gasteiger partial charge in [0.1, 0.15) is 63.4 Å². The molecule has 4 aliphatic carbocycles. The summed E-state index contributed by atoms with van der Waals surface area (Å²) in [7, 11) is 5.88. The molecule has 23 nitrogen and oxygen atoms in total. The predicted molar refractivity (Wildman–Crippen MR) is 520 cm³/mol. The summed E-state index contributed by atoms with van der Waals surface area (Å²) < 4.78 is 37.5. The second-order valence-corrected chi connectivity index (χ2v) is 56.2. The van der Waals surface area contributed by atoms with E-state index in [0.29, 0.717) is 56.3 Å². The van der Waals surface area contributed by atoms with Crippen LogP contribution < -0.4 is 29.6 Å². The van der Waals surface area contributed by atoms with E-state index in [-0.39, 0.29) is 91.0 Å². The van der Waals surface area contributed by atoms with Crippen molar-refractivity contribution in [2.24, 2.45) is 7.05 Å². The van der Waals surface area contributed by atoms with Gasteiger partial charge in [0.15, 0.2) is 21.3 Å². The van der Waals surface area contributed by atoms with Gasteiger partial charge in [-0.15, -0.1) is 0 Å². The number of rotatable bonds is 11. The van der Waals surface area contributed by atoms with E-state index < -0.39 is 49.7 Å². The van der Waals surface area contributed by atoms with Crippen LogP contribution in [0, 0.1) is 0 Å². The number of halogens is 5. The van der Waals surface area contributed by atoms with Crippen molar-refractivity contribution >= 4 is 165 Å². The van der Waals surface area contributed by atoms with Crippen molar-refractivity contribution in [2.75, 3.05) is 28.2 Å². The van der Waals surface area contributed by atoms with Crippen molar-refractivity contribution in [3.8, 4) is 0 Å². The molecule has 4 aliphatic rings. The monoisotopic (exact) mass is 2030 g/mol. The van der Waals surface area contributed by atoms with Gasteiger partial charge in [-0.3, -0.25) is 0 Å². The number of likely N-dealkylation sites (N-methyl/N-ethyl adjacent to an activating group) is 4. The molecule has 4 amide bonds. The van der Waals surface area contributed by atoms with E-state index in [9.17, 15) is 24.0 Å². The number of fused-ring (bicyclic) bond motifs is 12. The third-order valence-electron chi connectivity index (χ3n) is 24.0. The molecule has 31 heteroatoms. The van der Waals surface area contributed by atoms with Gasteiger partial charge >= 0.3 is 60.0 Å². The molecular formula is C93H144Br4ClN12NaO11Si2. The zero-order valence-corrected chi connectivity index (χ0v) is 90.8. The van der Waals surface area contributed by atoms with E-state index >= 15 is 0 Å². The van der Waals surface area contributed by atoms with Gasteiger partial charge in [0.25, 0.3) is 0 Å². The maximum Gasteiger partial charge on any atom is 1.00 e. The van der Waals surface area contributed by atoms with E-state index in [1.807, 2.05) is 154 Å². The Kier molecular flexibility index (Phi) is 38.2. The van der Waals surface area contributed by atoms with Gasteiger partial charge in [-0.05, 0) is 349 Å². The van der Waals surface area contributed by atoms with Crippen LogP contribution in [0.15, 0.2) is 66.9 Å². The first kappa shape index (κ1) is 109. The molecule has 686 valence electrons. The van der Waals surface area contributed by atoms with Crippen molar-refractivity contribution in [1.29, 1.82) is 0 Å². The summed E-state index contributed by atoms with van der Waals surface area (Å²) in [6, 6.07) is 16.6. The summed E-state index contributed by atoms with van der Waals surface area (Å²) in [5.41, 5.74) is 14.7. The number of hydrogen-bond donors (Lipinski definition) is 1. The van der Waals surface area contributed by atoms with Gasteiger partial charge in [-0.25, -0.2) is 48.5 Å². The van der Waals surface area contributed by atoms with Gasteiger partial charge < -0.3 is 62.5 Å². The molecule has 0 aliphatic heterocycles. The number of nitrogens with one attached hydrogen (secondary N) is 1. The third-order valence-corrected chi connectivity index (χ3v) is 41.8. The smallest absolute Gasteiger partial charge is 0.870 e. The third kappa shape index (κ3) is 26.0. The van der Waals surface area contributed by atoms with Crippen molar-refractivity contribution in [1.82, 2.24) is 57.9 Å². The second-order valence-electron chi connectivity index (χ2n) is 40.2. The van der Waals surface area contributed by atoms with Gasteiger partial charge in [0.05, 0.1) is 0 Å². The van der Waals surface area contributed by atoms with Crippen LogP contribution in [0.4, 0.5) is 24.0 Å². The molecule has 4 atom stereocenters. The molecule has 4 unspecified atom stereocenters. The molecule has 0 spiro atoms. The molecule has 0 aromatic carbocycles. The van der Waals surface area contributed by atoms with Crippen LogP contribution in [0.5, 0.6) is 0 Å². The summed E-state index contributed by atoms with van der Waals surface area (Å²) in [6.07, 6.45) is 8.61. The number of aryl methyl sites for hydroxylation is 2. The number of pyridine rings is 4. The Balaban J connectivity index is 0.000000282. The van der Waals surface area contributed by atoms with Gasteiger partial charge in [-0.2, -0.15) is 11.1 Å². The molecule has 8 aromatic rings. The summed E-state index contributed by atoms with van der Waals surface area (Å²) in [6.45, 7) is 56.2. The Bertz CT molecular complexity index is 4990. The summed E-state index contributed by atoms with van der Waals surface area (Å²) in [5.74, 6) is 0. The van der Waals surface area contributed by atoms with Crippen LogP contribution in [0.3, 0.4) is 0 Å². The summed E-state index contributed by atoms with van der Waals surface area (Å²) in [5, 5.41) is 4.47. The number of ether oxygens (including phenoxy) is 5. The minimum absolute atomic E-state index is 0. The van der Waals surface area contributed by atoms with E-state index in [0.717, 1.165) is 117 Å². The Morgan fingerprint density at radius 2 is 0.710 bits per heavy atom. The molecule has 0 saturated carbocycles. The molecule has 124 heavy (non-hydrogen) atoms. The van der Waals surface area contributed by atoms with Crippen LogP contribution >= 0.6 is 74.8 Å². The minimum atomic E-state index is -1.99.